The lowest BCUT2D eigenvalue weighted by Gasteiger charge is -2.20. The zero-order valence-corrected chi connectivity index (χ0v) is 15.6. The molecule has 0 fully saturated rings. The number of nitrogens with one attached hydrogen (secondary N) is 2. The molecular formula is C17H17BN4O5S. The van der Waals surface area contributed by atoms with Crippen LogP contribution < -0.4 is 15.1 Å². The largest absolute Gasteiger partial charge is 0.508 e. The summed E-state index contributed by atoms with van der Waals surface area (Å²) in [5.74, 6) is 0.338. The summed E-state index contributed by atoms with van der Waals surface area (Å²) in [6.45, 7) is 0.277. The van der Waals surface area contributed by atoms with E-state index < -0.39 is 17.1 Å². The molecule has 0 aliphatic carbocycles. The molecule has 0 amide bonds. The van der Waals surface area contributed by atoms with Crippen LogP contribution in [0.4, 0.5) is 17.3 Å². The van der Waals surface area contributed by atoms with Gasteiger partial charge in [-0.25, -0.2) is 13.4 Å². The highest BCUT2D eigenvalue weighted by Crippen LogP contribution is 2.32. The van der Waals surface area contributed by atoms with E-state index in [1.54, 1.807) is 37.6 Å². The zero-order chi connectivity index (χ0) is 19.9. The Morgan fingerprint density at radius 2 is 2.11 bits per heavy atom. The van der Waals surface area contributed by atoms with Crippen LogP contribution in [0.1, 0.15) is 5.56 Å². The van der Waals surface area contributed by atoms with E-state index in [2.05, 4.69) is 14.7 Å². The summed E-state index contributed by atoms with van der Waals surface area (Å²) in [5.41, 5.74) is 1.87. The Labute approximate surface area is 161 Å². The number of H-pyrrole nitrogens is 1. The minimum absolute atomic E-state index is 0.0403. The van der Waals surface area contributed by atoms with Crippen LogP contribution in [0.3, 0.4) is 0 Å². The molecule has 2 heterocycles. The highest BCUT2D eigenvalue weighted by molar-refractivity contribution is 7.92. The molecule has 0 saturated heterocycles. The summed E-state index contributed by atoms with van der Waals surface area (Å²) < 4.78 is 33.7. The molecule has 1 aromatic heterocycles. The average Bonchev–Trinajstić information content (AvgIpc) is 3.31. The Morgan fingerprint density at radius 3 is 2.86 bits per heavy atom. The van der Waals surface area contributed by atoms with Crippen LogP contribution in [0.5, 0.6) is 5.75 Å². The number of anilines is 3. The molecule has 0 saturated carbocycles. The lowest BCUT2D eigenvalue weighted by atomic mass is 9.79. The molecule has 2 aromatic carbocycles. The number of imidazole rings is 1. The Bertz CT molecular complexity index is 1120. The smallest absolute Gasteiger partial charge is 0.491 e. The first-order chi connectivity index (χ1) is 13.3. The second-order valence-corrected chi connectivity index (χ2v) is 7.96. The van der Waals surface area contributed by atoms with Gasteiger partial charge < -0.3 is 24.7 Å². The molecule has 3 aromatic rings. The average molecular weight is 400 g/mol. The van der Waals surface area contributed by atoms with Crippen molar-refractivity contribution in [1.29, 1.82) is 0 Å². The van der Waals surface area contributed by atoms with Crippen LogP contribution >= 0.6 is 0 Å². The van der Waals surface area contributed by atoms with Gasteiger partial charge in [-0.05, 0) is 35.3 Å². The third-order valence-electron chi connectivity index (χ3n) is 4.46. The van der Waals surface area contributed by atoms with Gasteiger partial charge in [0, 0.05) is 31.2 Å². The van der Waals surface area contributed by atoms with E-state index in [0.717, 1.165) is 5.56 Å². The topological polar surface area (TPSA) is 128 Å². The maximum Gasteiger partial charge on any atom is 0.491 e. The van der Waals surface area contributed by atoms with Crippen LogP contribution in [0.2, 0.25) is 0 Å². The fourth-order valence-electron chi connectivity index (χ4n) is 3.04. The van der Waals surface area contributed by atoms with Crippen molar-refractivity contribution < 1.29 is 23.2 Å². The Balaban J connectivity index is 1.71. The fourth-order valence-corrected chi connectivity index (χ4v) is 4.30. The highest BCUT2D eigenvalue weighted by atomic mass is 32.2. The zero-order valence-electron chi connectivity index (χ0n) is 14.8. The minimum Gasteiger partial charge on any atom is -0.508 e. The van der Waals surface area contributed by atoms with Gasteiger partial charge in [0.15, 0.2) is 0 Å². The van der Waals surface area contributed by atoms with E-state index in [1.807, 2.05) is 0 Å². The molecule has 4 rings (SSSR count). The van der Waals surface area contributed by atoms with Crippen LogP contribution in [-0.2, 0) is 21.3 Å². The molecule has 28 heavy (non-hydrogen) atoms. The lowest BCUT2D eigenvalue weighted by Crippen LogP contribution is -2.28. The normalized spacial score (nSPS) is 13.4. The quantitative estimate of drug-likeness (QED) is 0.469. The third-order valence-corrected chi connectivity index (χ3v) is 5.88. The number of fused-ring (bicyclic) bond motifs is 1. The Hall–Kier alpha value is -3.02. The predicted octanol–water partition coefficient (Wildman–Crippen LogP) is 0.902. The number of nitrogens with zero attached hydrogens (tertiary/aromatic N) is 2. The molecule has 9 nitrogen and oxygen atoms in total. The van der Waals surface area contributed by atoms with Gasteiger partial charge in [-0.1, -0.05) is 6.07 Å². The van der Waals surface area contributed by atoms with Crippen molar-refractivity contribution >= 4 is 39.9 Å². The van der Waals surface area contributed by atoms with Crippen molar-refractivity contribution in [1.82, 2.24) is 9.97 Å². The number of aromatic hydroxyl groups is 1. The second kappa shape index (κ2) is 6.86. The number of hydrogen-bond donors (Lipinski definition) is 4. The van der Waals surface area contributed by atoms with Crippen LogP contribution in [-0.4, -0.2) is 42.7 Å². The molecule has 0 radical (unpaired) electrons. The molecule has 11 heteroatoms. The maximum atomic E-state index is 13.0. The van der Waals surface area contributed by atoms with Gasteiger partial charge in [0.2, 0.25) is 5.95 Å². The molecular weight excluding hydrogens is 383 g/mol. The molecule has 144 valence electrons. The van der Waals surface area contributed by atoms with E-state index in [9.17, 15) is 18.5 Å². The number of benzene rings is 2. The first-order valence-electron chi connectivity index (χ1n) is 8.36. The van der Waals surface area contributed by atoms with E-state index in [-0.39, 0.29) is 22.9 Å². The summed E-state index contributed by atoms with van der Waals surface area (Å²) >= 11 is 0. The van der Waals surface area contributed by atoms with Gasteiger partial charge in [0.25, 0.3) is 10.0 Å². The van der Waals surface area contributed by atoms with E-state index in [1.165, 1.54) is 23.1 Å². The van der Waals surface area contributed by atoms with Gasteiger partial charge in [-0.15, -0.1) is 0 Å². The van der Waals surface area contributed by atoms with Gasteiger partial charge >= 0.3 is 7.12 Å². The molecule has 0 atom stereocenters. The van der Waals surface area contributed by atoms with E-state index in [0.29, 0.717) is 17.1 Å². The monoisotopic (exact) mass is 400 g/mol. The van der Waals surface area contributed by atoms with Crippen LogP contribution in [0.25, 0.3) is 0 Å². The van der Waals surface area contributed by atoms with Crippen LogP contribution in [0.15, 0.2) is 53.7 Å². The Morgan fingerprint density at radius 1 is 1.29 bits per heavy atom. The number of hydrogen-bond acceptors (Lipinski definition) is 7. The van der Waals surface area contributed by atoms with Crippen molar-refractivity contribution in [3.05, 3.63) is 54.4 Å². The minimum atomic E-state index is -4.00. The second-order valence-electron chi connectivity index (χ2n) is 6.31. The Kier molecular flexibility index (Phi) is 4.50. The summed E-state index contributed by atoms with van der Waals surface area (Å²) in [4.78, 5) is 8.48. The molecule has 0 bridgehead atoms. The first-order valence-corrected chi connectivity index (χ1v) is 9.85. The summed E-state index contributed by atoms with van der Waals surface area (Å²) in [5, 5.41) is 19.7. The number of phenolic OH excluding ortho intramolecular Hbond substituents is 1. The lowest BCUT2D eigenvalue weighted by molar-refractivity contribution is 0.275. The molecule has 1 aliphatic rings. The van der Waals surface area contributed by atoms with Gasteiger partial charge in [-0.2, -0.15) is 0 Å². The molecule has 0 unspecified atom stereocenters. The number of phenols is 1. The van der Waals surface area contributed by atoms with Crippen molar-refractivity contribution in [2.24, 2.45) is 0 Å². The molecule has 1 aliphatic heterocycles. The summed E-state index contributed by atoms with van der Waals surface area (Å²) in [7, 11) is -3.44. The predicted molar refractivity (Wildman–Crippen MR) is 104 cm³/mol. The number of aromatic nitrogens is 2. The van der Waals surface area contributed by atoms with Crippen molar-refractivity contribution in [2.45, 2.75) is 11.5 Å². The third kappa shape index (κ3) is 3.30. The van der Waals surface area contributed by atoms with Gasteiger partial charge in [0.1, 0.15) is 10.6 Å². The highest BCUT2D eigenvalue weighted by Gasteiger charge is 2.28. The van der Waals surface area contributed by atoms with Crippen molar-refractivity contribution in [3.63, 3.8) is 0 Å². The SMILES string of the molecule is CN(c1ncc[nH]1)c1cc(O)ccc1S(=O)(=O)Nc1ccc2c(c1)B(O)OC2. The maximum absolute atomic E-state index is 13.0. The van der Waals surface area contributed by atoms with Gasteiger partial charge in [-0.3, -0.25) is 4.72 Å². The molecule has 0 spiro atoms. The van der Waals surface area contributed by atoms with Crippen molar-refractivity contribution in [3.8, 4) is 5.75 Å². The van der Waals surface area contributed by atoms with Crippen molar-refractivity contribution in [2.75, 3.05) is 16.7 Å². The number of rotatable bonds is 5. The van der Waals surface area contributed by atoms with Crippen LogP contribution in [0, 0.1) is 0 Å². The fraction of sp³-hybridized carbons (Fsp3) is 0.118. The molecule has 4 N–H and O–H groups in total. The number of sulfonamides is 1. The van der Waals surface area contributed by atoms with Gasteiger partial charge in [0.05, 0.1) is 12.3 Å². The first kappa shape index (κ1) is 18.4. The summed E-state index contributed by atoms with van der Waals surface area (Å²) in [6.07, 6.45) is 3.15. The van der Waals surface area contributed by atoms with E-state index in [4.69, 9.17) is 4.65 Å². The standard InChI is InChI=1S/C17H17BN4O5S/c1-22(17-19-6-7-20-17)15-9-13(23)4-5-16(15)28(25,26)21-12-3-2-11-10-27-18(24)14(11)8-12/h2-9,21,23-24H,10H2,1H3,(H,19,20). The number of aromatic amines is 1. The summed E-state index contributed by atoms with van der Waals surface area (Å²) in [6, 6.07) is 8.81. The van der Waals surface area contributed by atoms with E-state index >= 15 is 0 Å².